The lowest BCUT2D eigenvalue weighted by molar-refractivity contribution is 0.554. The molecule has 1 aliphatic carbocycles. The van der Waals surface area contributed by atoms with Crippen LogP contribution in [0.3, 0.4) is 0 Å². The molecule has 1 aliphatic rings. The van der Waals surface area contributed by atoms with Gasteiger partial charge in [-0.1, -0.05) is 36.4 Å². The molecular weight excluding hydrogens is 338 g/mol. The molecule has 1 N–H and O–H groups in total. The van der Waals surface area contributed by atoms with E-state index in [1.165, 1.54) is 5.56 Å². The summed E-state index contributed by atoms with van der Waals surface area (Å²) in [5.74, 6) is 0. The Labute approximate surface area is 127 Å². The lowest BCUT2D eigenvalue weighted by Gasteiger charge is -2.15. The van der Waals surface area contributed by atoms with Gasteiger partial charge in [-0.2, -0.15) is 0 Å². The number of sulfonamides is 1. The summed E-state index contributed by atoms with van der Waals surface area (Å²) in [6.45, 7) is 0. The van der Waals surface area contributed by atoms with E-state index < -0.39 is 10.0 Å². The lowest BCUT2D eigenvalue weighted by Crippen LogP contribution is -2.27. The molecule has 2 aromatic rings. The summed E-state index contributed by atoms with van der Waals surface area (Å²) in [7, 11) is -3.51. The Hall–Kier alpha value is -1.17. The number of nitrogens with one attached hydrogen (secondary N) is 1. The van der Waals surface area contributed by atoms with Crippen LogP contribution in [-0.2, 0) is 16.4 Å². The summed E-state index contributed by atoms with van der Waals surface area (Å²) < 4.78 is 28.3. The second-order valence-electron chi connectivity index (χ2n) is 4.84. The Bertz CT molecular complexity index is 743. The van der Waals surface area contributed by atoms with Gasteiger partial charge in [0.05, 0.1) is 4.90 Å². The van der Waals surface area contributed by atoms with E-state index in [1.54, 1.807) is 24.3 Å². The summed E-state index contributed by atoms with van der Waals surface area (Å²) in [5.41, 5.74) is 2.32. The minimum atomic E-state index is -3.51. The van der Waals surface area contributed by atoms with Gasteiger partial charge in [-0.15, -0.1) is 0 Å². The van der Waals surface area contributed by atoms with Crippen LogP contribution in [0.15, 0.2) is 57.9 Å². The third kappa shape index (κ3) is 2.53. The summed E-state index contributed by atoms with van der Waals surface area (Å²) in [4.78, 5) is 0.282. The maximum atomic E-state index is 12.5. The first-order valence-electron chi connectivity index (χ1n) is 6.42. The van der Waals surface area contributed by atoms with E-state index in [4.69, 9.17) is 0 Å². The molecule has 5 heteroatoms. The molecule has 0 bridgehead atoms. The number of rotatable bonds is 3. The Balaban J connectivity index is 1.91. The van der Waals surface area contributed by atoms with E-state index >= 15 is 0 Å². The van der Waals surface area contributed by atoms with Crippen LogP contribution in [-0.4, -0.2) is 8.42 Å². The van der Waals surface area contributed by atoms with Crippen molar-refractivity contribution in [3.8, 4) is 0 Å². The summed E-state index contributed by atoms with van der Waals surface area (Å²) in [6, 6.07) is 14.7. The van der Waals surface area contributed by atoms with Crippen molar-refractivity contribution in [3.63, 3.8) is 0 Å². The van der Waals surface area contributed by atoms with E-state index in [-0.39, 0.29) is 10.9 Å². The molecule has 0 spiro atoms. The predicted molar refractivity (Wildman–Crippen MR) is 82.0 cm³/mol. The molecule has 1 atom stereocenters. The third-order valence-electron chi connectivity index (χ3n) is 3.56. The number of aryl methyl sites for hydroxylation is 1. The van der Waals surface area contributed by atoms with Crippen LogP contribution in [0, 0.1) is 0 Å². The second-order valence-corrected chi connectivity index (χ2v) is 7.38. The van der Waals surface area contributed by atoms with Crippen molar-refractivity contribution in [2.75, 3.05) is 0 Å². The van der Waals surface area contributed by atoms with Crippen LogP contribution >= 0.6 is 15.9 Å². The molecule has 3 rings (SSSR count). The van der Waals surface area contributed by atoms with Gasteiger partial charge in [0.2, 0.25) is 10.0 Å². The zero-order valence-electron chi connectivity index (χ0n) is 10.7. The third-order valence-corrected chi connectivity index (χ3v) is 6.04. The fourth-order valence-electron chi connectivity index (χ4n) is 2.59. The van der Waals surface area contributed by atoms with E-state index in [2.05, 4.69) is 26.7 Å². The Morgan fingerprint density at radius 2 is 1.75 bits per heavy atom. The summed E-state index contributed by atoms with van der Waals surface area (Å²) >= 11 is 3.29. The second kappa shape index (κ2) is 5.31. The van der Waals surface area contributed by atoms with Gasteiger partial charge in [0, 0.05) is 10.5 Å². The topological polar surface area (TPSA) is 46.2 Å². The van der Waals surface area contributed by atoms with Gasteiger partial charge >= 0.3 is 0 Å². The smallest absolute Gasteiger partial charge is 0.207 e. The van der Waals surface area contributed by atoms with Gasteiger partial charge in [-0.05, 0) is 52.0 Å². The van der Waals surface area contributed by atoms with Gasteiger partial charge in [-0.25, -0.2) is 13.1 Å². The molecular formula is C15H14BrNO2S. The van der Waals surface area contributed by atoms with Gasteiger partial charge in [0.15, 0.2) is 0 Å². The maximum absolute atomic E-state index is 12.5. The lowest BCUT2D eigenvalue weighted by atomic mass is 10.1. The molecule has 2 aromatic carbocycles. The number of fused-ring (bicyclic) bond motifs is 1. The van der Waals surface area contributed by atoms with Crippen molar-refractivity contribution in [2.45, 2.75) is 23.8 Å². The average Bonchev–Trinajstić information content (AvgIpc) is 2.82. The van der Waals surface area contributed by atoms with Crippen molar-refractivity contribution >= 4 is 26.0 Å². The molecule has 3 nitrogen and oxygen atoms in total. The first-order chi connectivity index (χ1) is 9.58. The van der Waals surface area contributed by atoms with E-state index in [1.807, 2.05) is 18.2 Å². The molecule has 0 unspecified atom stereocenters. The number of benzene rings is 2. The molecule has 20 heavy (non-hydrogen) atoms. The highest BCUT2D eigenvalue weighted by Crippen LogP contribution is 2.32. The standard InChI is InChI=1S/C15H14BrNO2S/c16-13-7-3-4-8-15(13)20(18,19)17-14-10-9-11-5-1-2-6-12(11)14/h1-8,14,17H,9-10H2/t14-/m1/s1. The molecule has 0 saturated carbocycles. The fraction of sp³-hybridized carbons (Fsp3) is 0.200. The Morgan fingerprint density at radius 1 is 1.05 bits per heavy atom. The summed E-state index contributed by atoms with van der Waals surface area (Å²) in [6.07, 6.45) is 1.72. The van der Waals surface area contributed by atoms with Gasteiger partial charge in [0.25, 0.3) is 0 Å². The molecule has 0 heterocycles. The largest absolute Gasteiger partial charge is 0.242 e. The van der Waals surface area contributed by atoms with Crippen molar-refractivity contribution in [1.29, 1.82) is 0 Å². The van der Waals surface area contributed by atoms with E-state index in [0.717, 1.165) is 18.4 Å². The van der Waals surface area contributed by atoms with Gasteiger partial charge < -0.3 is 0 Å². The Kier molecular flexibility index (Phi) is 3.67. The summed E-state index contributed by atoms with van der Waals surface area (Å²) in [5, 5.41) is 0. The van der Waals surface area contributed by atoms with Crippen LogP contribution in [0.1, 0.15) is 23.6 Å². The highest BCUT2D eigenvalue weighted by molar-refractivity contribution is 9.10. The van der Waals surface area contributed by atoms with Crippen molar-refractivity contribution in [3.05, 3.63) is 64.1 Å². The number of hydrogen-bond acceptors (Lipinski definition) is 2. The molecule has 0 aromatic heterocycles. The molecule has 0 amide bonds. The van der Waals surface area contributed by atoms with E-state index in [9.17, 15) is 8.42 Å². The SMILES string of the molecule is O=S(=O)(N[C@@H]1CCc2ccccc21)c1ccccc1Br. The highest BCUT2D eigenvalue weighted by atomic mass is 79.9. The maximum Gasteiger partial charge on any atom is 0.242 e. The fourth-order valence-corrected chi connectivity index (χ4v) is 4.85. The van der Waals surface area contributed by atoms with Crippen LogP contribution in [0.5, 0.6) is 0 Å². The zero-order chi connectivity index (χ0) is 14.2. The Morgan fingerprint density at radius 3 is 2.55 bits per heavy atom. The minimum absolute atomic E-state index is 0.136. The predicted octanol–water partition coefficient (Wildman–Crippen LogP) is 3.41. The molecule has 0 aliphatic heterocycles. The van der Waals surface area contributed by atoms with Crippen molar-refractivity contribution in [1.82, 2.24) is 4.72 Å². The van der Waals surface area contributed by atoms with Gasteiger partial charge in [0.1, 0.15) is 0 Å². The van der Waals surface area contributed by atoms with Crippen LogP contribution in [0.2, 0.25) is 0 Å². The van der Waals surface area contributed by atoms with E-state index in [0.29, 0.717) is 4.47 Å². The zero-order valence-corrected chi connectivity index (χ0v) is 13.1. The molecule has 0 radical (unpaired) electrons. The highest BCUT2D eigenvalue weighted by Gasteiger charge is 2.27. The van der Waals surface area contributed by atoms with Crippen molar-refractivity contribution < 1.29 is 8.42 Å². The first kappa shape index (κ1) is 13.8. The van der Waals surface area contributed by atoms with Crippen LogP contribution in [0.4, 0.5) is 0 Å². The van der Waals surface area contributed by atoms with Crippen molar-refractivity contribution in [2.24, 2.45) is 0 Å². The van der Waals surface area contributed by atoms with Crippen LogP contribution < -0.4 is 4.72 Å². The first-order valence-corrected chi connectivity index (χ1v) is 8.70. The molecule has 0 saturated heterocycles. The van der Waals surface area contributed by atoms with Crippen LogP contribution in [0.25, 0.3) is 0 Å². The monoisotopic (exact) mass is 351 g/mol. The normalized spacial score (nSPS) is 17.9. The minimum Gasteiger partial charge on any atom is -0.207 e. The molecule has 0 fully saturated rings. The number of halogens is 1. The number of hydrogen-bond donors (Lipinski definition) is 1. The molecule has 104 valence electrons. The van der Waals surface area contributed by atoms with Gasteiger partial charge in [-0.3, -0.25) is 0 Å². The average molecular weight is 352 g/mol. The quantitative estimate of drug-likeness (QED) is 0.920.